The topological polar surface area (TPSA) is 26.3 Å². The zero-order chi connectivity index (χ0) is 17.7. The highest BCUT2D eigenvalue weighted by Crippen LogP contribution is 2.31. The first-order valence-electron chi connectivity index (χ1n) is 6.97. The van der Waals surface area contributed by atoms with Gasteiger partial charge in [-0.15, -0.1) is 0 Å². The molecule has 0 fully saturated rings. The molecule has 0 N–H and O–H groups in total. The van der Waals surface area contributed by atoms with Gasteiger partial charge < -0.3 is 4.74 Å². The minimum absolute atomic E-state index is 0.0808. The molecule has 0 aliphatic heterocycles. The molecule has 0 aliphatic rings. The van der Waals surface area contributed by atoms with Crippen molar-refractivity contribution in [2.45, 2.75) is 12.8 Å². The van der Waals surface area contributed by atoms with Crippen LogP contribution < -0.4 is 0 Å². The Hall–Kier alpha value is -2.09. The summed E-state index contributed by atoms with van der Waals surface area (Å²) in [5.74, 6) is -1.01. The molecule has 0 bridgehead atoms. The number of benzene rings is 2. The Morgan fingerprint density at radius 2 is 1.71 bits per heavy atom. The van der Waals surface area contributed by atoms with E-state index in [0.717, 1.165) is 5.56 Å². The fraction of sp³-hybridized carbons (Fsp3) is 0.167. The Morgan fingerprint density at radius 1 is 1.08 bits per heavy atom. The standard InChI is InChI=1S/C18H12Cl2F2O2/c1-2-24-17(23)9-10-18(21,22)14-6-3-12(4-7-14)13-5-8-15(19)16(20)11-13/h3-8,11H,2H2,1H3. The predicted molar refractivity (Wildman–Crippen MR) is 90.2 cm³/mol. The van der Waals surface area contributed by atoms with E-state index >= 15 is 0 Å². The molecule has 6 heteroatoms. The minimum Gasteiger partial charge on any atom is -0.456 e. The monoisotopic (exact) mass is 368 g/mol. The largest absolute Gasteiger partial charge is 0.456 e. The van der Waals surface area contributed by atoms with Gasteiger partial charge in [0.2, 0.25) is 0 Å². The quantitative estimate of drug-likeness (QED) is 0.416. The molecule has 2 rings (SSSR count). The van der Waals surface area contributed by atoms with Crippen LogP contribution in [0.3, 0.4) is 0 Å². The first-order chi connectivity index (χ1) is 11.3. The number of hydrogen-bond acceptors (Lipinski definition) is 2. The maximum Gasteiger partial charge on any atom is 0.384 e. The third kappa shape index (κ3) is 4.47. The third-order valence-corrected chi connectivity index (χ3v) is 3.84. The summed E-state index contributed by atoms with van der Waals surface area (Å²) >= 11 is 11.8. The van der Waals surface area contributed by atoms with Gasteiger partial charge in [-0.25, -0.2) is 4.79 Å². The molecule has 0 saturated heterocycles. The average Bonchev–Trinajstić information content (AvgIpc) is 2.56. The van der Waals surface area contributed by atoms with Crippen molar-refractivity contribution in [1.29, 1.82) is 0 Å². The summed E-state index contributed by atoms with van der Waals surface area (Å²) in [7, 11) is 0. The van der Waals surface area contributed by atoms with E-state index < -0.39 is 11.9 Å². The molecule has 2 nitrogen and oxygen atoms in total. The average molecular weight is 369 g/mol. The van der Waals surface area contributed by atoms with E-state index in [1.807, 2.05) is 0 Å². The van der Waals surface area contributed by atoms with Crippen molar-refractivity contribution in [1.82, 2.24) is 0 Å². The number of carbonyl (C=O) groups excluding carboxylic acids is 1. The lowest BCUT2D eigenvalue weighted by Crippen LogP contribution is -2.11. The Balaban J connectivity index is 2.24. The lowest BCUT2D eigenvalue weighted by Gasteiger charge is -2.11. The Labute approximate surface area is 148 Å². The SMILES string of the molecule is CCOC(=O)C#CC(F)(F)c1ccc(-c2ccc(Cl)c(Cl)c2)cc1. The van der Waals surface area contributed by atoms with Gasteiger partial charge >= 0.3 is 11.9 Å². The number of alkyl halides is 2. The van der Waals surface area contributed by atoms with Crippen LogP contribution in [0.1, 0.15) is 12.5 Å². The van der Waals surface area contributed by atoms with Crippen LogP contribution in [0.5, 0.6) is 0 Å². The molecule has 0 amide bonds. The summed E-state index contributed by atoms with van der Waals surface area (Å²) in [5, 5.41) is 0.793. The molecule has 2 aromatic carbocycles. The van der Waals surface area contributed by atoms with Crippen molar-refractivity contribution in [2.24, 2.45) is 0 Å². The van der Waals surface area contributed by atoms with Gasteiger partial charge in [-0.1, -0.05) is 53.5 Å². The van der Waals surface area contributed by atoms with Crippen molar-refractivity contribution in [3.8, 4) is 23.0 Å². The van der Waals surface area contributed by atoms with Gasteiger partial charge in [0.15, 0.2) is 0 Å². The molecule has 2 aromatic rings. The van der Waals surface area contributed by atoms with E-state index in [1.165, 1.54) is 24.3 Å². The summed E-state index contributed by atoms with van der Waals surface area (Å²) in [6, 6.07) is 10.6. The second-order valence-electron chi connectivity index (χ2n) is 4.75. The number of rotatable bonds is 3. The second-order valence-corrected chi connectivity index (χ2v) is 5.57. The highest BCUT2D eigenvalue weighted by Gasteiger charge is 2.29. The Morgan fingerprint density at radius 3 is 2.29 bits per heavy atom. The maximum atomic E-state index is 14.0. The molecule has 0 spiro atoms. The lowest BCUT2D eigenvalue weighted by atomic mass is 10.0. The summed E-state index contributed by atoms with van der Waals surface area (Å²) in [4.78, 5) is 11.1. The van der Waals surface area contributed by atoms with Crippen molar-refractivity contribution in [3.05, 3.63) is 58.1 Å². The number of halogens is 4. The van der Waals surface area contributed by atoms with E-state index in [4.69, 9.17) is 23.2 Å². The summed E-state index contributed by atoms with van der Waals surface area (Å²) in [6.45, 7) is 1.65. The van der Waals surface area contributed by atoms with Crippen molar-refractivity contribution in [2.75, 3.05) is 6.61 Å². The first kappa shape index (κ1) is 18.3. The Kier molecular flexibility index (Phi) is 5.82. The molecule has 0 heterocycles. The summed E-state index contributed by atoms with van der Waals surface area (Å²) < 4.78 is 32.5. The van der Waals surface area contributed by atoms with E-state index in [1.54, 1.807) is 37.0 Å². The van der Waals surface area contributed by atoms with Crippen molar-refractivity contribution >= 4 is 29.2 Å². The lowest BCUT2D eigenvalue weighted by molar-refractivity contribution is -0.136. The fourth-order valence-corrected chi connectivity index (χ4v) is 2.21. The van der Waals surface area contributed by atoms with Gasteiger partial charge in [-0.3, -0.25) is 0 Å². The highest BCUT2D eigenvalue weighted by molar-refractivity contribution is 6.42. The highest BCUT2D eigenvalue weighted by atomic mass is 35.5. The van der Waals surface area contributed by atoms with Crippen LogP contribution >= 0.6 is 23.2 Å². The fourth-order valence-electron chi connectivity index (χ4n) is 1.92. The molecular formula is C18H12Cl2F2O2. The first-order valence-corrected chi connectivity index (χ1v) is 7.73. The summed E-state index contributed by atoms with van der Waals surface area (Å²) in [5.41, 5.74) is 1.13. The maximum absolute atomic E-state index is 14.0. The van der Waals surface area contributed by atoms with Crippen molar-refractivity contribution < 1.29 is 18.3 Å². The van der Waals surface area contributed by atoms with Gasteiger partial charge in [0.05, 0.1) is 16.7 Å². The van der Waals surface area contributed by atoms with Crippen LogP contribution in [0.25, 0.3) is 11.1 Å². The van der Waals surface area contributed by atoms with Gasteiger partial charge in [0, 0.05) is 11.5 Å². The molecule has 0 atom stereocenters. The molecule has 0 aromatic heterocycles. The molecule has 0 aliphatic carbocycles. The van der Waals surface area contributed by atoms with E-state index in [9.17, 15) is 13.6 Å². The zero-order valence-corrected chi connectivity index (χ0v) is 14.1. The van der Waals surface area contributed by atoms with Crippen LogP contribution in [0.2, 0.25) is 10.0 Å². The summed E-state index contributed by atoms with van der Waals surface area (Å²) in [6.07, 6.45) is 0. The van der Waals surface area contributed by atoms with Crippen LogP contribution in [-0.4, -0.2) is 12.6 Å². The molecule has 0 unspecified atom stereocenters. The van der Waals surface area contributed by atoms with Crippen LogP contribution in [0.15, 0.2) is 42.5 Å². The van der Waals surface area contributed by atoms with E-state index in [0.29, 0.717) is 15.6 Å². The van der Waals surface area contributed by atoms with E-state index in [-0.39, 0.29) is 12.2 Å². The van der Waals surface area contributed by atoms with Gasteiger partial charge in [-0.05, 0) is 36.1 Å². The molecular weight excluding hydrogens is 357 g/mol. The van der Waals surface area contributed by atoms with Gasteiger partial charge in [-0.2, -0.15) is 8.78 Å². The number of esters is 1. The zero-order valence-electron chi connectivity index (χ0n) is 12.6. The number of carbonyl (C=O) groups is 1. The molecule has 0 radical (unpaired) electrons. The molecule has 0 saturated carbocycles. The van der Waals surface area contributed by atoms with Crippen LogP contribution in [-0.2, 0) is 15.5 Å². The second kappa shape index (κ2) is 7.65. The number of hydrogen-bond donors (Lipinski definition) is 0. The predicted octanol–water partition coefficient (Wildman–Crippen LogP) is 5.32. The van der Waals surface area contributed by atoms with Crippen LogP contribution in [0, 0.1) is 11.8 Å². The smallest absolute Gasteiger partial charge is 0.384 e. The van der Waals surface area contributed by atoms with Gasteiger partial charge in [0.25, 0.3) is 0 Å². The van der Waals surface area contributed by atoms with E-state index in [2.05, 4.69) is 4.74 Å². The molecule has 124 valence electrons. The number of ether oxygens (including phenoxy) is 1. The normalized spacial score (nSPS) is 10.7. The minimum atomic E-state index is -3.46. The third-order valence-electron chi connectivity index (χ3n) is 3.10. The van der Waals surface area contributed by atoms with Crippen LogP contribution in [0.4, 0.5) is 8.78 Å². The van der Waals surface area contributed by atoms with Crippen molar-refractivity contribution in [3.63, 3.8) is 0 Å². The molecule has 24 heavy (non-hydrogen) atoms. The van der Waals surface area contributed by atoms with Gasteiger partial charge in [0.1, 0.15) is 0 Å². The Bertz CT molecular complexity index is 806.